The second-order valence-electron chi connectivity index (χ2n) is 9.59. The molecule has 5 nitrogen and oxygen atoms in total. The molecule has 3 rings (SSSR count). The van der Waals surface area contributed by atoms with Crippen molar-refractivity contribution in [3.63, 3.8) is 0 Å². The first-order valence-electron chi connectivity index (χ1n) is 11.4. The molecule has 0 spiro atoms. The predicted molar refractivity (Wildman–Crippen MR) is 120 cm³/mol. The molecule has 0 radical (unpaired) electrons. The van der Waals surface area contributed by atoms with Gasteiger partial charge in [-0.25, -0.2) is 8.42 Å². The minimum atomic E-state index is -3.02. The number of ether oxygens (including phenoxy) is 1. The van der Waals surface area contributed by atoms with Gasteiger partial charge < -0.3 is 9.64 Å². The van der Waals surface area contributed by atoms with Crippen LogP contribution in [0.2, 0.25) is 0 Å². The van der Waals surface area contributed by atoms with Crippen molar-refractivity contribution in [3.8, 4) is 5.75 Å². The summed E-state index contributed by atoms with van der Waals surface area (Å²) in [5, 5.41) is -0.329. The zero-order chi connectivity index (χ0) is 21.9. The van der Waals surface area contributed by atoms with E-state index in [0.29, 0.717) is 31.3 Å². The van der Waals surface area contributed by atoms with Crippen LogP contribution in [0.15, 0.2) is 24.3 Å². The summed E-state index contributed by atoms with van der Waals surface area (Å²) in [6.45, 7) is 9.32. The Balaban J connectivity index is 1.46. The summed E-state index contributed by atoms with van der Waals surface area (Å²) in [5.41, 5.74) is 0.990. The minimum absolute atomic E-state index is 0.118. The van der Waals surface area contributed by atoms with E-state index in [0.717, 1.165) is 30.6 Å². The Morgan fingerprint density at radius 1 is 1.07 bits per heavy atom. The molecule has 2 fully saturated rings. The molecule has 1 saturated heterocycles. The third-order valence-corrected chi connectivity index (χ3v) is 9.48. The fourth-order valence-electron chi connectivity index (χ4n) is 4.50. The van der Waals surface area contributed by atoms with Crippen LogP contribution in [-0.4, -0.2) is 49.4 Å². The third-order valence-electron chi connectivity index (χ3n) is 7.11. The summed E-state index contributed by atoms with van der Waals surface area (Å²) in [4.78, 5) is 14.6. The molecule has 1 aromatic rings. The Morgan fingerprint density at radius 2 is 1.70 bits per heavy atom. The molecule has 30 heavy (non-hydrogen) atoms. The summed E-state index contributed by atoms with van der Waals surface area (Å²) in [7, 11) is -3.02. The number of hydrogen-bond acceptors (Lipinski definition) is 4. The molecule has 0 aromatic heterocycles. The van der Waals surface area contributed by atoms with Crippen molar-refractivity contribution in [1.29, 1.82) is 0 Å². The molecule has 1 aromatic carbocycles. The van der Waals surface area contributed by atoms with Gasteiger partial charge in [0.1, 0.15) is 11.9 Å². The van der Waals surface area contributed by atoms with Crippen LogP contribution in [0.25, 0.3) is 0 Å². The van der Waals surface area contributed by atoms with Gasteiger partial charge in [0, 0.05) is 13.1 Å². The Labute approximate surface area is 182 Å². The number of rotatable bonds is 7. The van der Waals surface area contributed by atoms with E-state index >= 15 is 0 Å². The molecule has 0 bridgehead atoms. The van der Waals surface area contributed by atoms with Gasteiger partial charge in [-0.15, -0.1) is 0 Å². The standard InChI is InChI=1S/C24H37NO4S/c1-17(2)30(27,28)16-21-11-13-25(14-12-21)24(26)15-20-6-8-22(9-7-20)29-23-10-5-18(3)19(23)4/h6-9,17-19,21,23H,5,10-16H2,1-4H3. The van der Waals surface area contributed by atoms with Crippen molar-refractivity contribution in [3.05, 3.63) is 29.8 Å². The fourth-order valence-corrected chi connectivity index (χ4v) is 5.88. The van der Waals surface area contributed by atoms with Crippen LogP contribution in [0.3, 0.4) is 0 Å². The van der Waals surface area contributed by atoms with Crippen LogP contribution in [0.4, 0.5) is 0 Å². The molecule has 3 atom stereocenters. The molecule has 1 heterocycles. The Kier molecular flexibility index (Phi) is 7.48. The monoisotopic (exact) mass is 435 g/mol. The van der Waals surface area contributed by atoms with Crippen molar-refractivity contribution in [2.24, 2.45) is 17.8 Å². The Hall–Kier alpha value is -1.56. The number of likely N-dealkylation sites (tertiary alicyclic amines) is 1. The van der Waals surface area contributed by atoms with Crippen molar-refractivity contribution in [1.82, 2.24) is 4.90 Å². The predicted octanol–water partition coefficient (Wildman–Crippen LogP) is 4.10. The van der Waals surface area contributed by atoms with Gasteiger partial charge in [-0.3, -0.25) is 4.79 Å². The number of piperidine rings is 1. The molecule has 1 saturated carbocycles. The summed E-state index contributed by atoms with van der Waals surface area (Å²) in [5.74, 6) is 2.69. The van der Waals surface area contributed by atoms with Gasteiger partial charge in [-0.05, 0) is 75.0 Å². The van der Waals surface area contributed by atoms with Crippen LogP contribution in [-0.2, 0) is 21.1 Å². The largest absolute Gasteiger partial charge is 0.490 e. The lowest BCUT2D eigenvalue weighted by Crippen LogP contribution is -2.41. The van der Waals surface area contributed by atoms with Crippen LogP contribution < -0.4 is 4.74 Å². The number of hydrogen-bond donors (Lipinski definition) is 0. The second kappa shape index (κ2) is 9.71. The number of carbonyl (C=O) groups excluding carboxylic acids is 1. The lowest BCUT2D eigenvalue weighted by atomic mass is 9.98. The van der Waals surface area contributed by atoms with Crippen molar-refractivity contribution in [2.45, 2.75) is 71.2 Å². The van der Waals surface area contributed by atoms with E-state index in [-0.39, 0.29) is 28.9 Å². The summed E-state index contributed by atoms with van der Waals surface area (Å²) in [6, 6.07) is 7.92. The van der Waals surface area contributed by atoms with E-state index in [1.165, 1.54) is 6.42 Å². The van der Waals surface area contributed by atoms with Gasteiger partial charge in [0.05, 0.1) is 17.4 Å². The SMILES string of the molecule is CC1CCC(Oc2ccc(CC(=O)N3CCC(CS(=O)(=O)C(C)C)CC3)cc2)C1C. The van der Waals surface area contributed by atoms with Gasteiger partial charge in [-0.1, -0.05) is 26.0 Å². The first-order chi connectivity index (χ1) is 14.2. The van der Waals surface area contributed by atoms with Crippen LogP contribution >= 0.6 is 0 Å². The van der Waals surface area contributed by atoms with E-state index in [2.05, 4.69) is 13.8 Å². The molecular formula is C24H37NO4S. The number of sulfone groups is 1. The number of amides is 1. The minimum Gasteiger partial charge on any atom is -0.490 e. The normalized spacial score (nSPS) is 25.6. The first-order valence-corrected chi connectivity index (χ1v) is 13.1. The van der Waals surface area contributed by atoms with E-state index in [4.69, 9.17) is 4.74 Å². The zero-order valence-electron chi connectivity index (χ0n) is 18.8. The lowest BCUT2D eigenvalue weighted by Gasteiger charge is -2.32. The average Bonchev–Trinajstić information content (AvgIpc) is 3.01. The van der Waals surface area contributed by atoms with Crippen molar-refractivity contribution < 1.29 is 17.9 Å². The maximum atomic E-state index is 12.7. The molecule has 1 amide bonds. The third kappa shape index (κ3) is 5.77. The van der Waals surface area contributed by atoms with Gasteiger partial charge in [0.2, 0.25) is 5.91 Å². The maximum absolute atomic E-state index is 12.7. The quantitative estimate of drug-likeness (QED) is 0.647. The second-order valence-corrected chi connectivity index (χ2v) is 12.2. The summed E-state index contributed by atoms with van der Waals surface area (Å²) < 4.78 is 30.4. The molecule has 0 N–H and O–H groups in total. The van der Waals surface area contributed by atoms with E-state index in [1.54, 1.807) is 13.8 Å². The van der Waals surface area contributed by atoms with Gasteiger partial charge >= 0.3 is 0 Å². The molecule has 6 heteroatoms. The van der Waals surface area contributed by atoms with Crippen molar-refractivity contribution in [2.75, 3.05) is 18.8 Å². The first kappa shape index (κ1) is 23.1. The van der Waals surface area contributed by atoms with Crippen molar-refractivity contribution >= 4 is 15.7 Å². The smallest absolute Gasteiger partial charge is 0.226 e. The van der Waals surface area contributed by atoms with Gasteiger partial charge in [0.25, 0.3) is 0 Å². The highest BCUT2D eigenvalue weighted by atomic mass is 32.2. The molecule has 3 unspecified atom stereocenters. The highest BCUT2D eigenvalue weighted by Crippen LogP contribution is 2.34. The molecule has 2 aliphatic rings. The topological polar surface area (TPSA) is 63.7 Å². The molecular weight excluding hydrogens is 398 g/mol. The molecule has 168 valence electrons. The van der Waals surface area contributed by atoms with Crippen LogP contribution in [0.1, 0.15) is 58.9 Å². The lowest BCUT2D eigenvalue weighted by molar-refractivity contribution is -0.131. The Bertz CT molecular complexity index is 810. The number of nitrogens with zero attached hydrogens (tertiary/aromatic N) is 1. The Morgan fingerprint density at radius 3 is 2.23 bits per heavy atom. The van der Waals surface area contributed by atoms with E-state index in [9.17, 15) is 13.2 Å². The molecule has 1 aliphatic carbocycles. The highest BCUT2D eigenvalue weighted by molar-refractivity contribution is 7.91. The average molecular weight is 436 g/mol. The number of benzene rings is 1. The number of carbonyl (C=O) groups is 1. The van der Waals surface area contributed by atoms with E-state index < -0.39 is 9.84 Å². The molecule has 1 aliphatic heterocycles. The zero-order valence-corrected chi connectivity index (χ0v) is 19.7. The van der Waals surface area contributed by atoms with E-state index in [1.807, 2.05) is 29.2 Å². The van der Waals surface area contributed by atoms with Gasteiger partial charge in [-0.2, -0.15) is 0 Å². The van der Waals surface area contributed by atoms with Crippen LogP contribution in [0, 0.1) is 17.8 Å². The van der Waals surface area contributed by atoms with Gasteiger partial charge in [0.15, 0.2) is 9.84 Å². The van der Waals surface area contributed by atoms with Crippen LogP contribution in [0.5, 0.6) is 5.75 Å². The summed E-state index contributed by atoms with van der Waals surface area (Å²) in [6.07, 6.45) is 4.53. The fraction of sp³-hybridized carbons (Fsp3) is 0.708. The highest BCUT2D eigenvalue weighted by Gasteiger charge is 2.31. The maximum Gasteiger partial charge on any atom is 0.226 e. The summed E-state index contributed by atoms with van der Waals surface area (Å²) >= 11 is 0.